The Labute approximate surface area is 811 Å². The number of likely N-dealkylation sites (tertiary alicyclic amines) is 5. The lowest BCUT2D eigenvalue weighted by atomic mass is 9.93. The number of carboxylic acid groups (broad SMARTS) is 1. The van der Waals surface area contributed by atoms with Gasteiger partial charge in [0.15, 0.2) is 46.5 Å². The van der Waals surface area contributed by atoms with E-state index < -0.39 is 118 Å². The Hall–Kier alpha value is -12.3. The molecule has 0 aliphatic carbocycles. The molecule has 8 fully saturated rings. The molecule has 0 bridgehead atoms. The number of rotatable bonds is 33. The monoisotopic (exact) mass is 1960 g/mol. The number of halogens is 8. The van der Waals surface area contributed by atoms with Crippen molar-refractivity contribution in [1.82, 2.24) is 51.1 Å². The van der Waals surface area contributed by atoms with Crippen LogP contribution in [0.25, 0.3) is 0 Å². The number of fused-ring (bicyclic) bond motifs is 4. The minimum absolute atomic E-state index is 0.00250. The summed E-state index contributed by atoms with van der Waals surface area (Å²) in [4.78, 5) is 126. The number of hydrogen-bond acceptors (Lipinski definition) is 21. The Bertz CT molecular complexity index is 5100. The number of alkyl carbamates (subject to hydrolysis) is 2. The van der Waals surface area contributed by atoms with E-state index in [0.717, 1.165) is 72.6 Å². The zero-order valence-electron chi connectivity index (χ0n) is 80.7. The Morgan fingerprint density at radius 2 is 0.836 bits per heavy atom. The van der Waals surface area contributed by atoms with Crippen molar-refractivity contribution < 1.29 is 126 Å². The summed E-state index contributed by atoms with van der Waals surface area (Å²) in [5.41, 5.74) is -0.566. The quantitative estimate of drug-likeness (QED) is 0.00733. The molecule has 8 saturated heterocycles. The summed E-state index contributed by atoms with van der Waals surface area (Å²) in [6, 6.07) is 29.2. The number of ether oxygens (including phenoxy) is 9. The highest BCUT2D eigenvalue weighted by Crippen LogP contribution is 2.40. The summed E-state index contributed by atoms with van der Waals surface area (Å²) in [5, 5.41) is 24.1. The summed E-state index contributed by atoms with van der Waals surface area (Å²) in [6.07, 6.45) is 5.52. The van der Waals surface area contributed by atoms with Crippen molar-refractivity contribution in [2.45, 2.75) is 230 Å². The molecule has 8 heterocycles. The van der Waals surface area contributed by atoms with Crippen molar-refractivity contribution in [3.63, 3.8) is 0 Å². The van der Waals surface area contributed by atoms with Gasteiger partial charge in [-0.3, -0.25) is 24.0 Å². The third-order valence-corrected chi connectivity index (χ3v) is 25.4. The smallest absolute Gasteiger partial charge is 0.410 e. The number of carbonyl (C=O) groups excluding carboxylic acids is 8. The van der Waals surface area contributed by atoms with Gasteiger partial charge in [-0.2, -0.15) is 0 Å². The molecule has 8 aliphatic heterocycles. The number of carboxylic acids is 1. The Morgan fingerprint density at radius 3 is 1.26 bits per heavy atom. The van der Waals surface area contributed by atoms with Crippen LogP contribution < -0.4 is 45.5 Å². The van der Waals surface area contributed by atoms with Crippen LogP contribution in [0.5, 0.6) is 23.0 Å². The van der Waals surface area contributed by atoms with E-state index in [1.54, 1.807) is 101 Å². The van der Waals surface area contributed by atoms with E-state index >= 15 is 0 Å². The molecular formula is C103H130F8N10O19. The van der Waals surface area contributed by atoms with Gasteiger partial charge in [-0.15, -0.1) is 13.2 Å². The van der Waals surface area contributed by atoms with Crippen LogP contribution in [0, 0.1) is 82.0 Å². The summed E-state index contributed by atoms with van der Waals surface area (Å²) in [6.45, 7) is 29.3. The standard InChI is InChI=1S/C45H61F4N5O8.C31H37F2N3O6.C21H22F2N2O3.C6H10O2/c1-44(2,3)61-38(55)19-26(41(56)53-17-15-35-39(53)27(22-50-35)24-59-29-11-13-31(46)33(48)20-29)9-7-8-10-37(52-43(58)62-45(4,5)6)42(57)54-18-16-36-40(54)28(23-51-36)25-60-30-12-14-32(47)34(49)21-30;1-5-9-25(34-29(38)42-31(2,3)4)28(37)35-15-14-26-27(35)21(19-40-22-12-13-23(32)24(33)16-22)17-36(26)30(39)41-18-20-10-7-6-8-11-20;22-17-7-6-16(10-18(17)23)27-13-15-11-25(19-8-9-24-20(15)19)21(26)28-12-14-4-2-1-3-5-14;1-3-4-5(2)6(7)8/h11-14,20-21,26-28,35-37,39-40,50-51H,7-10,15-19,22-25H2,1-6H3,(H,52,58);5-8,10-13,16,21,25-27H,1,9,14-15,17-19H2,2-4H3,(H,34,38);1-7,10,15,19-20,24H,8-9,11-13H2;3,5H,1,4H2,2H3,(H,7,8)/t26-,27-,28-,35-,36-,37+,39-,40-;21-,25+,26-,27-;15-,19-,20-;5-/m1110/s1. The van der Waals surface area contributed by atoms with Gasteiger partial charge in [-0.1, -0.05) is 92.6 Å². The van der Waals surface area contributed by atoms with Gasteiger partial charge in [0, 0.05) is 118 Å². The lowest BCUT2D eigenvalue weighted by Crippen LogP contribution is -2.53. The fraction of sp³-hybridized carbons (Fsp3) is 0.524. The van der Waals surface area contributed by atoms with Gasteiger partial charge < -0.3 is 98.8 Å². The largest absolute Gasteiger partial charge is 0.493 e. The minimum atomic E-state index is -1.04. The zero-order chi connectivity index (χ0) is 101. The Kier molecular flexibility index (Phi) is 38.4. The minimum Gasteiger partial charge on any atom is -0.493 e. The average molecular weight is 1960 g/mol. The van der Waals surface area contributed by atoms with Crippen LogP contribution >= 0.6 is 0 Å². The van der Waals surface area contributed by atoms with Gasteiger partial charge in [-0.05, 0) is 180 Å². The first-order valence-electron chi connectivity index (χ1n) is 47.6. The van der Waals surface area contributed by atoms with E-state index in [1.807, 2.05) is 65.6 Å². The molecule has 140 heavy (non-hydrogen) atoms. The fourth-order valence-electron chi connectivity index (χ4n) is 19.0. The maximum absolute atomic E-state index is 14.5. The van der Waals surface area contributed by atoms with E-state index in [-0.39, 0.29) is 178 Å². The van der Waals surface area contributed by atoms with Crippen LogP contribution in [0.3, 0.4) is 0 Å². The molecule has 6 N–H and O–H groups in total. The predicted molar refractivity (Wildman–Crippen MR) is 501 cm³/mol. The molecule has 16 atom stereocenters. The number of nitrogens with one attached hydrogen (secondary N) is 5. The van der Waals surface area contributed by atoms with E-state index in [4.69, 9.17) is 47.7 Å². The summed E-state index contributed by atoms with van der Waals surface area (Å²) in [7, 11) is 0. The molecule has 0 saturated carbocycles. The van der Waals surface area contributed by atoms with E-state index in [1.165, 1.54) is 24.3 Å². The second-order valence-electron chi connectivity index (χ2n) is 39.3. The average Bonchev–Trinajstić information content (AvgIpc) is 1.61. The van der Waals surface area contributed by atoms with Crippen LogP contribution in [-0.2, 0) is 60.9 Å². The highest BCUT2D eigenvalue weighted by atomic mass is 19.2. The summed E-state index contributed by atoms with van der Waals surface area (Å²) >= 11 is 0. The Morgan fingerprint density at radius 1 is 0.443 bits per heavy atom. The molecule has 29 nitrogen and oxygen atoms in total. The SMILES string of the molecule is C=CC[C@H](C)C(=O)O.C=CC[C@H](NC(=O)OC(C)(C)C)C(=O)N1CC[C@@H]2[C@H]1[C@@H](COc1ccc(F)c(F)c1)CN2C(=O)OCc1ccccc1.CC(C)(C)OC(=O)C[C@@H](CCCC[C@H](NC(=O)OC(C)(C)C)C(=O)N1CC[C@H]2NC[C@H](COc3ccc(F)c(F)c3)[C@H]21)C(=O)N1CC[C@H]2NC[C@H](COc3ccc(F)c(F)c3)[C@H]21.O=C(OCc1ccccc1)N1C[C@H](COc2ccc(F)c(F)c2)[C@H]2NCC[C@H]21. The van der Waals surface area contributed by atoms with E-state index in [9.17, 15) is 78.3 Å². The lowest BCUT2D eigenvalue weighted by molar-refractivity contribution is -0.159. The van der Waals surface area contributed by atoms with Gasteiger partial charge in [0.1, 0.15) is 65.1 Å². The van der Waals surface area contributed by atoms with Crippen LogP contribution in [0.2, 0.25) is 0 Å². The van der Waals surface area contributed by atoms with Crippen molar-refractivity contribution >= 4 is 54.0 Å². The van der Waals surface area contributed by atoms with Crippen molar-refractivity contribution in [3.8, 4) is 23.0 Å². The number of aliphatic carboxylic acids is 1. The molecule has 762 valence electrons. The number of unbranched alkanes of at least 4 members (excludes halogenated alkanes) is 1. The first-order chi connectivity index (χ1) is 66.5. The van der Waals surface area contributed by atoms with Gasteiger partial charge in [-0.25, -0.2) is 54.3 Å². The predicted octanol–water partition coefficient (Wildman–Crippen LogP) is 15.6. The van der Waals surface area contributed by atoms with E-state index in [0.29, 0.717) is 90.8 Å². The third-order valence-electron chi connectivity index (χ3n) is 25.4. The summed E-state index contributed by atoms with van der Waals surface area (Å²) in [5.74, 6) is -10.9. The molecule has 37 heteroatoms. The van der Waals surface area contributed by atoms with Gasteiger partial charge >= 0.3 is 36.3 Å². The number of amides is 7. The van der Waals surface area contributed by atoms with Crippen LogP contribution in [0.15, 0.2) is 159 Å². The molecule has 6 aromatic carbocycles. The molecule has 0 spiro atoms. The number of carbonyl (C=O) groups is 9. The van der Waals surface area contributed by atoms with E-state index in [2.05, 4.69) is 39.7 Å². The van der Waals surface area contributed by atoms with Gasteiger partial charge in [0.25, 0.3) is 0 Å². The molecule has 0 aromatic heterocycles. The highest BCUT2D eigenvalue weighted by Gasteiger charge is 2.55. The molecule has 14 rings (SSSR count). The van der Waals surface area contributed by atoms with Crippen LogP contribution in [0.1, 0.15) is 151 Å². The maximum Gasteiger partial charge on any atom is 0.410 e. The first-order valence-corrected chi connectivity index (χ1v) is 47.6. The number of benzene rings is 6. The molecular weight excluding hydrogens is 1830 g/mol. The first kappa shape index (κ1) is 108. The normalized spacial score (nSPS) is 22.3. The van der Waals surface area contributed by atoms with Crippen molar-refractivity contribution in [2.75, 3.05) is 78.8 Å². The number of nitrogens with zero attached hydrogens (tertiary/aromatic N) is 5. The molecule has 8 aliphatic rings. The number of allylic oxidation sites excluding steroid dienone is 1. The highest BCUT2D eigenvalue weighted by molar-refractivity contribution is 5.88. The van der Waals surface area contributed by atoms with Crippen molar-refractivity contribution in [1.29, 1.82) is 0 Å². The van der Waals surface area contributed by atoms with Crippen molar-refractivity contribution in [2.24, 2.45) is 35.5 Å². The maximum atomic E-state index is 14.5. The van der Waals surface area contributed by atoms with Crippen LogP contribution in [0.4, 0.5) is 54.3 Å². The molecule has 6 aromatic rings. The molecule has 0 radical (unpaired) electrons. The summed E-state index contributed by atoms with van der Waals surface area (Å²) < 4.78 is 159. The number of hydrogen-bond donors (Lipinski definition) is 6. The molecule has 7 amide bonds. The Balaban J connectivity index is 0.000000206. The second kappa shape index (κ2) is 49.7. The second-order valence-corrected chi connectivity index (χ2v) is 39.3. The number of esters is 1. The fourth-order valence-corrected chi connectivity index (χ4v) is 19.0. The van der Waals surface area contributed by atoms with Crippen molar-refractivity contribution in [3.05, 3.63) is 216 Å². The lowest BCUT2D eigenvalue weighted by Gasteiger charge is -2.33. The topological polar surface area (TPSA) is 333 Å². The van der Waals surface area contributed by atoms with Gasteiger partial charge in [0.2, 0.25) is 17.7 Å². The molecule has 0 unspecified atom stereocenters. The zero-order valence-corrected chi connectivity index (χ0v) is 80.7. The van der Waals surface area contributed by atoms with Gasteiger partial charge in [0.05, 0.1) is 69.0 Å². The van der Waals surface area contributed by atoms with Crippen LogP contribution in [-0.4, -0.2) is 240 Å². The third kappa shape index (κ3) is 30.6.